The number of ether oxygens (including phenoxy) is 1. The van der Waals surface area contributed by atoms with Gasteiger partial charge in [0, 0.05) is 25.7 Å². The summed E-state index contributed by atoms with van der Waals surface area (Å²) in [5.41, 5.74) is 1.71. The summed E-state index contributed by atoms with van der Waals surface area (Å²) in [5, 5.41) is 12.3. The fourth-order valence-electron chi connectivity index (χ4n) is 3.17. The lowest BCUT2D eigenvalue weighted by Gasteiger charge is -2.34. The van der Waals surface area contributed by atoms with Gasteiger partial charge in [0.25, 0.3) is 0 Å². The van der Waals surface area contributed by atoms with Crippen LogP contribution < -0.4 is 10.2 Å². The Balaban J connectivity index is 1.54. The highest BCUT2D eigenvalue weighted by Gasteiger charge is 2.27. The van der Waals surface area contributed by atoms with Crippen LogP contribution in [0, 0.1) is 17.2 Å². The first-order chi connectivity index (χ1) is 10.8. The minimum absolute atomic E-state index is 0.0253. The third-order valence-electron chi connectivity index (χ3n) is 4.51. The number of rotatable bonds is 3. The maximum Gasteiger partial charge on any atom is 0.225 e. The predicted octanol–water partition coefficient (Wildman–Crippen LogP) is 1.68. The van der Waals surface area contributed by atoms with Crippen molar-refractivity contribution in [1.82, 2.24) is 5.32 Å². The molecule has 5 heteroatoms. The second-order valence-electron chi connectivity index (χ2n) is 5.96. The Morgan fingerprint density at radius 3 is 2.73 bits per heavy atom. The van der Waals surface area contributed by atoms with Gasteiger partial charge in [0.05, 0.1) is 23.8 Å². The molecule has 0 aliphatic carbocycles. The van der Waals surface area contributed by atoms with Crippen molar-refractivity contribution in [3.05, 3.63) is 29.8 Å². The lowest BCUT2D eigenvalue weighted by Crippen LogP contribution is -2.46. The van der Waals surface area contributed by atoms with Crippen LogP contribution in [0.15, 0.2) is 24.3 Å². The van der Waals surface area contributed by atoms with Crippen LogP contribution in [0.2, 0.25) is 0 Å². The van der Waals surface area contributed by atoms with Crippen LogP contribution in [-0.4, -0.2) is 38.3 Å². The molecule has 1 N–H and O–H groups in total. The molecule has 2 fully saturated rings. The van der Waals surface area contributed by atoms with Gasteiger partial charge >= 0.3 is 0 Å². The van der Waals surface area contributed by atoms with Crippen molar-refractivity contribution in [2.75, 3.05) is 31.2 Å². The monoisotopic (exact) mass is 299 g/mol. The van der Waals surface area contributed by atoms with Crippen molar-refractivity contribution in [1.29, 1.82) is 5.26 Å². The summed E-state index contributed by atoms with van der Waals surface area (Å²) < 4.78 is 5.27. The highest BCUT2D eigenvalue weighted by Crippen LogP contribution is 2.24. The molecule has 1 unspecified atom stereocenters. The van der Waals surface area contributed by atoms with E-state index in [0.717, 1.165) is 38.0 Å². The van der Waals surface area contributed by atoms with Crippen LogP contribution in [0.4, 0.5) is 5.69 Å². The number of hydrogen-bond donors (Lipinski definition) is 1. The number of benzene rings is 1. The lowest BCUT2D eigenvalue weighted by molar-refractivity contribution is -0.125. The SMILES string of the molecule is N#Cc1ccccc1N1CCC(NC(=O)C2CCOC2)CC1. The molecule has 2 saturated heterocycles. The molecule has 22 heavy (non-hydrogen) atoms. The molecule has 0 aromatic heterocycles. The number of piperidine rings is 1. The Morgan fingerprint density at radius 2 is 2.05 bits per heavy atom. The van der Waals surface area contributed by atoms with Crippen molar-refractivity contribution >= 4 is 11.6 Å². The second-order valence-corrected chi connectivity index (χ2v) is 5.96. The number of anilines is 1. The predicted molar refractivity (Wildman–Crippen MR) is 83.5 cm³/mol. The van der Waals surface area contributed by atoms with E-state index in [0.29, 0.717) is 18.8 Å². The average molecular weight is 299 g/mol. The summed E-state index contributed by atoms with van der Waals surface area (Å²) in [6.45, 7) is 2.98. The van der Waals surface area contributed by atoms with Crippen molar-refractivity contribution in [2.24, 2.45) is 5.92 Å². The van der Waals surface area contributed by atoms with E-state index in [1.807, 2.05) is 24.3 Å². The number of carbonyl (C=O) groups excluding carboxylic acids is 1. The number of carbonyl (C=O) groups is 1. The third-order valence-corrected chi connectivity index (χ3v) is 4.51. The van der Waals surface area contributed by atoms with Gasteiger partial charge in [0.2, 0.25) is 5.91 Å². The van der Waals surface area contributed by atoms with Gasteiger partial charge in [-0.05, 0) is 31.4 Å². The minimum atomic E-state index is 0.0253. The molecule has 1 aromatic carbocycles. The molecule has 3 rings (SSSR count). The van der Waals surface area contributed by atoms with Gasteiger partial charge in [0.15, 0.2) is 0 Å². The highest BCUT2D eigenvalue weighted by atomic mass is 16.5. The Hall–Kier alpha value is -2.06. The Labute approximate surface area is 130 Å². The van der Waals surface area contributed by atoms with Gasteiger partial charge in [-0.3, -0.25) is 4.79 Å². The number of nitrogens with one attached hydrogen (secondary N) is 1. The second kappa shape index (κ2) is 6.80. The first kappa shape index (κ1) is 14.9. The summed E-state index contributed by atoms with van der Waals surface area (Å²) in [5.74, 6) is 0.158. The molecule has 1 amide bonds. The fourth-order valence-corrected chi connectivity index (χ4v) is 3.17. The highest BCUT2D eigenvalue weighted by molar-refractivity contribution is 5.79. The van der Waals surface area contributed by atoms with Crippen LogP contribution in [0.25, 0.3) is 0 Å². The standard InChI is InChI=1S/C17H21N3O2/c18-11-13-3-1-2-4-16(13)20-8-5-15(6-9-20)19-17(21)14-7-10-22-12-14/h1-4,14-15H,5-10,12H2,(H,19,21). The van der Waals surface area contributed by atoms with E-state index in [4.69, 9.17) is 4.74 Å². The molecule has 0 radical (unpaired) electrons. The van der Waals surface area contributed by atoms with Gasteiger partial charge in [0.1, 0.15) is 6.07 Å². The van der Waals surface area contributed by atoms with Crippen LogP contribution in [0.3, 0.4) is 0 Å². The molecule has 2 heterocycles. The van der Waals surface area contributed by atoms with E-state index in [9.17, 15) is 10.1 Å². The van der Waals surface area contributed by atoms with Gasteiger partial charge in [-0.1, -0.05) is 12.1 Å². The average Bonchev–Trinajstić information content (AvgIpc) is 3.10. The minimum Gasteiger partial charge on any atom is -0.381 e. The molecule has 0 spiro atoms. The van der Waals surface area contributed by atoms with Crippen LogP contribution in [-0.2, 0) is 9.53 Å². The van der Waals surface area contributed by atoms with Crippen molar-refractivity contribution < 1.29 is 9.53 Å². The van der Waals surface area contributed by atoms with Crippen LogP contribution in [0.5, 0.6) is 0 Å². The molecule has 2 aliphatic heterocycles. The van der Waals surface area contributed by atoms with Gasteiger partial charge in [-0.15, -0.1) is 0 Å². The Morgan fingerprint density at radius 1 is 1.27 bits per heavy atom. The van der Waals surface area contributed by atoms with Crippen LogP contribution >= 0.6 is 0 Å². The van der Waals surface area contributed by atoms with E-state index in [2.05, 4.69) is 16.3 Å². The summed E-state index contributed by atoms with van der Waals surface area (Å²) in [6, 6.07) is 10.2. The van der Waals surface area contributed by atoms with Gasteiger partial charge < -0.3 is 15.0 Å². The third kappa shape index (κ3) is 3.23. The molecule has 1 aromatic rings. The normalized spacial score (nSPS) is 22.3. The molecule has 5 nitrogen and oxygen atoms in total. The molecule has 1 atom stereocenters. The van der Waals surface area contributed by atoms with E-state index in [1.54, 1.807) is 0 Å². The lowest BCUT2D eigenvalue weighted by atomic mass is 10.0. The molecule has 116 valence electrons. The van der Waals surface area contributed by atoms with E-state index >= 15 is 0 Å². The maximum atomic E-state index is 12.1. The van der Waals surface area contributed by atoms with E-state index in [-0.39, 0.29) is 17.9 Å². The van der Waals surface area contributed by atoms with Crippen LogP contribution in [0.1, 0.15) is 24.8 Å². The van der Waals surface area contributed by atoms with Crippen molar-refractivity contribution in [3.63, 3.8) is 0 Å². The topological polar surface area (TPSA) is 65.4 Å². The number of nitrogens with zero attached hydrogens (tertiary/aromatic N) is 2. The van der Waals surface area contributed by atoms with E-state index in [1.165, 1.54) is 0 Å². The van der Waals surface area contributed by atoms with Crippen molar-refractivity contribution in [2.45, 2.75) is 25.3 Å². The number of hydrogen-bond acceptors (Lipinski definition) is 4. The number of nitriles is 1. The maximum absolute atomic E-state index is 12.1. The zero-order chi connectivity index (χ0) is 15.4. The number of para-hydroxylation sites is 1. The number of amides is 1. The van der Waals surface area contributed by atoms with Gasteiger partial charge in [-0.2, -0.15) is 5.26 Å². The fraction of sp³-hybridized carbons (Fsp3) is 0.529. The molecule has 2 aliphatic rings. The first-order valence-corrected chi connectivity index (χ1v) is 7.90. The first-order valence-electron chi connectivity index (χ1n) is 7.90. The zero-order valence-electron chi connectivity index (χ0n) is 12.6. The smallest absolute Gasteiger partial charge is 0.225 e. The Kier molecular flexibility index (Phi) is 4.59. The summed E-state index contributed by atoms with van der Waals surface area (Å²) in [6.07, 6.45) is 2.67. The summed E-state index contributed by atoms with van der Waals surface area (Å²) in [7, 11) is 0. The molecular weight excluding hydrogens is 278 g/mol. The molecule has 0 bridgehead atoms. The molecule has 0 saturated carbocycles. The van der Waals surface area contributed by atoms with Gasteiger partial charge in [-0.25, -0.2) is 0 Å². The quantitative estimate of drug-likeness (QED) is 0.922. The summed E-state index contributed by atoms with van der Waals surface area (Å²) in [4.78, 5) is 14.4. The Bertz CT molecular complexity index is 568. The zero-order valence-corrected chi connectivity index (χ0v) is 12.6. The summed E-state index contributed by atoms with van der Waals surface area (Å²) >= 11 is 0. The largest absolute Gasteiger partial charge is 0.381 e. The van der Waals surface area contributed by atoms with Crippen molar-refractivity contribution in [3.8, 4) is 6.07 Å². The van der Waals surface area contributed by atoms with E-state index < -0.39 is 0 Å². The molecular formula is C17H21N3O2.